The molecule has 2 aromatic rings. The van der Waals surface area contributed by atoms with E-state index in [1.165, 1.54) is 6.33 Å². The molecule has 1 fully saturated rings. The minimum Gasteiger partial charge on any atom is -0.492 e. The van der Waals surface area contributed by atoms with E-state index in [-0.39, 0.29) is 12.1 Å². The van der Waals surface area contributed by atoms with Gasteiger partial charge in [-0.05, 0) is 24.6 Å². The van der Waals surface area contributed by atoms with Crippen LogP contribution in [0.3, 0.4) is 0 Å². The Balaban J connectivity index is 1.52. The lowest BCUT2D eigenvalue weighted by Gasteiger charge is -2.34. The van der Waals surface area contributed by atoms with Crippen molar-refractivity contribution in [2.75, 3.05) is 32.9 Å². The fourth-order valence-corrected chi connectivity index (χ4v) is 2.80. The predicted octanol–water partition coefficient (Wildman–Crippen LogP) is 1.29. The third-order valence-corrected chi connectivity index (χ3v) is 4.07. The SMILES string of the molecule is Cc1cccc(OCCNC(=O)N2CCOCC2c2ncnn2C)c1. The Morgan fingerprint density at radius 2 is 2.36 bits per heavy atom. The average Bonchev–Trinajstić information content (AvgIpc) is 3.04. The minimum atomic E-state index is -0.237. The van der Waals surface area contributed by atoms with Crippen LogP contribution in [0.2, 0.25) is 0 Å². The summed E-state index contributed by atoms with van der Waals surface area (Å²) in [4.78, 5) is 18.5. The normalized spacial score (nSPS) is 17.4. The first-order valence-corrected chi connectivity index (χ1v) is 8.30. The second-order valence-electron chi connectivity index (χ2n) is 5.92. The van der Waals surface area contributed by atoms with Crippen LogP contribution in [-0.2, 0) is 11.8 Å². The number of amides is 2. The molecule has 3 rings (SSSR count). The van der Waals surface area contributed by atoms with Crippen molar-refractivity contribution in [3.8, 4) is 5.75 Å². The summed E-state index contributed by atoms with van der Waals surface area (Å²) >= 11 is 0. The molecule has 1 aromatic heterocycles. The quantitative estimate of drug-likeness (QED) is 0.826. The Morgan fingerprint density at radius 3 is 3.12 bits per heavy atom. The number of nitrogens with zero attached hydrogens (tertiary/aromatic N) is 4. The van der Waals surface area contributed by atoms with E-state index < -0.39 is 0 Å². The van der Waals surface area contributed by atoms with Gasteiger partial charge in [-0.15, -0.1) is 0 Å². The lowest BCUT2D eigenvalue weighted by molar-refractivity contribution is 0.00731. The first kappa shape index (κ1) is 17.2. The maximum absolute atomic E-state index is 12.5. The Hall–Kier alpha value is -2.61. The molecule has 25 heavy (non-hydrogen) atoms. The summed E-state index contributed by atoms with van der Waals surface area (Å²) in [5.41, 5.74) is 1.14. The average molecular weight is 345 g/mol. The van der Waals surface area contributed by atoms with Crippen LogP contribution in [0.5, 0.6) is 5.75 Å². The van der Waals surface area contributed by atoms with Crippen molar-refractivity contribution in [1.29, 1.82) is 0 Å². The van der Waals surface area contributed by atoms with Crippen molar-refractivity contribution < 1.29 is 14.3 Å². The smallest absolute Gasteiger partial charge is 0.318 e. The van der Waals surface area contributed by atoms with Gasteiger partial charge in [-0.25, -0.2) is 9.78 Å². The zero-order chi connectivity index (χ0) is 17.6. The van der Waals surface area contributed by atoms with Gasteiger partial charge in [0.15, 0.2) is 5.82 Å². The number of ether oxygens (including phenoxy) is 2. The lowest BCUT2D eigenvalue weighted by Crippen LogP contribution is -2.49. The largest absolute Gasteiger partial charge is 0.492 e. The molecule has 1 aliphatic heterocycles. The third kappa shape index (κ3) is 4.27. The molecular weight excluding hydrogens is 322 g/mol. The third-order valence-electron chi connectivity index (χ3n) is 4.07. The van der Waals surface area contributed by atoms with E-state index >= 15 is 0 Å². The highest BCUT2D eigenvalue weighted by atomic mass is 16.5. The summed E-state index contributed by atoms with van der Waals surface area (Å²) in [5, 5.41) is 6.97. The molecule has 0 aliphatic carbocycles. The molecule has 134 valence electrons. The van der Waals surface area contributed by atoms with Crippen molar-refractivity contribution in [2.45, 2.75) is 13.0 Å². The first-order valence-electron chi connectivity index (χ1n) is 8.30. The van der Waals surface area contributed by atoms with E-state index in [1.807, 2.05) is 38.2 Å². The molecule has 0 bridgehead atoms. The van der Waals surface area contributed by atoms with Gasteiger partial charge >= 0.3 is 6.03 Å². The molecule has 0 radical (unpaired) electrons. The van der Waals surface area contributed by atoms with Crippen LogP contribution in [0.15, 0.2) is 30.6 Å². The molecule has 0 spiro atoms. The molecule has 1 unspecified atom stereocenters. The van der Waals surface area contributed by atoms with Gasteiger partial charge in [0.25, 0.3) is 0 Å². The number of morpholine rings is 1. The number of urea groups is 1. The summed E-state index contributed by atoms with van der Waals surface area (Å²) < 4.78 is 12.8. The Morgan fingerprint density at radius 1 is 1.48 bits per heavy atom. The number of aryl methyl sites for hydroxylation is 2. The van der Waals surface area contributed by atoms with E-state index in [2.05, 4.69) is 15.4 Å². The molecule has 0 saturated carbocycles. The molecule has 8 nitrogen and oxygen atoms in total. The first-order chi connectivity index (χ1) is 12.1. The number of carbonyl (C=O) groups excluding carboxylic acids is 1. The van der Waals surface area contributed by atoms with Crippen LogP contribution in [0.4, 0.5) is 4.79 Å². The molecule has 1 aliphatic rings. The number of rotatable bonds is 5. The fraction of sp³-hybridized carbons (Fsp3) is 0.471. The van der Waals surface area contributed by atoms with E-state index in [0.717, 1.165) is 11.3 Å². The van der Waals surface area contributed by atoms with Gasteiger partial charge in [-0.3, -0.25) is 4.68 Å². The summed E-state index contributed by atoms with van der Waals surface area (Å²) in [7, 11) is 1.81. The fourth-order valence-electron chi connectivity index (χ4n) is 2.80. The van der Waals surface area contributed by atoms with Gasteiger partial charge in [-0.2, -0.15) is 5.10 Å². The van der Waals surface area contributed by atoms with Crippen molar-refractivity contribution in [3.63, 3.8) is 0 Å². The van der Waals surface area contributed by atoms with E-state index in [0.29, 0.717) is 38.7 Å². The Kier molecular flexibility index (Phi) is 5.49. The summed E-state index contributed by atoms with van der Waals surface area (Å²) in [6, 6.07) is 7.44. The maximum atomic E-state index is 12.5. The highest BCUT2D eigenvalue weighted by molar-refractivity contribution is 5.74. The maximum Gasteiger partial charge on any atom is 0.318 e. The molecule has 1 saturated heterocycles. The van der Waals surface area contributed by atoms with Crippen molar-refractivity contribution in [3.05, 3.63) is 42.0 Å². The molecule has 2 heterocycles. The Bertz CT molecular complexity index is 718. The van der Waals surface area contributed by atoms with Gasteiger partial charge in [0, 0.05) is 13.6 Å². The van der Waals surface area contributed by atoms with E-state index in [1.54, 1.807) is 9.58 Å². The van der Waals surface area contributed by atoms with Crippen LogP contribution in [0.25, 0.3) is 0 Å². The van der Waals surface area contributed by atoms with Gasteiger partial charge < -0.3 is 19.7 Å². The lowest BCUT2D eigenvalue weighted by atomic mass is 10.2. The molecule has 1 N–H and O–H groups in total. The van der Waals surface area contributed by atoms with Crippen molar-refractivity contribution >= 4 is 6.03 Å². The topological polar surface area (TPSA) is 81.5 Å². The van der Waals surface area contributed by atoms with Crippen LogP contribution in [0.1, 0.15) is 17.4 Å². The number of carbonyl (C=O) groups is 1. The number of hydrogen-bond acceptors (Lipinski definition) is 5. The molecule has 1 atom stereocenters. The number of hydrogen-bond donors (Lipinski definition) is 1. The Labute approximate surface area is 146 Å². The highest BCUT2D eigenvalue weighted by Crippen LogP contribution is 2.21. The number of benzene rings is 1. The summed E-state index contributed by atoms with van der Waals surface area (Å²) in [6.45, 7) is 4.30. The summed E-state index contributed by atoms with van der Waals surface area (Å²) in [5.74, 6) is 1.52. The second kappa shape index (κ2) is 7.98. The molecule has 1 aromatic carbocycles. The second-order valence-corrected chi connectivity index (χ2v) is 5.92. The van der Waals surface area contributed by atoms with Crippen LogP contribution < -0.4 is 10.1 Å². The predicted molar refractivity (Wildman–Crippen MR) is 91.3 cm³/mol. The minimum absolute atomic E-state index is 0.149. The monoisotopic (exact) mass is 345 g/mol. The van der Waals surface area contributed by atoms with Gasteiger partial charge in [-0.1, -0.05) is 12.1 Å². The number of nitrogens with one attached hydrogen (secondary N) is 1. The van der Waals surface area contributed by atoms with Gasteiger partial charge in [0.05, 0.1) is 19.8 Å². The van der Waals surface area contributed by atoms with Gasteiger partial charge in [0.2, 0.25) is 0 Å². The molecular formula is C17H23N5O3. The number of aromatic nitrogens is 3. The van der Waals surface area contributed by atoms with Crippen LogP contribution >= 0.6 is 0 Å². The highest BCUT2D eigenvalue weighted by Gasteiger charge is 2.31. The molecule has 8 heteroatoms. The standard InChI is InChI=1S/C17H23N5O3/c1-13-4-3-5-14(10-13)25-8-6-18-17(23)22-7-9-24-11-15(22)16-19-12-20-21(16)2/h3-5,10,12,15H,6-9,11H2,1-2H3,(H,18,23). The zero-order valence-electron chi connectivity index (χ0n) is 14.5. The van der Waals surface area contributed by atoms with E-state index in [9.17, 15) is 4.79 Å². The molecule has 2 amide bonds. The van der Waals surface area contributed by atoms with Crippen LogP contribution in [0, 0.1) is 6.92 Å². The van der Waals surface area contributed by atoms with E-state index in [4.69, 9.17) is 9.47 Å². The van der Waals surface area contributed by atoms with Gasteiger partial charge in [0.1, 0.15) is 24.7 Å². The van der Waals surface area contributed by atoms with Crippen molar-refractivity contribution in [2.24, 2.45) is 7.05 Å². The van der Waals surface area contributed by atoms with Crippen molar-refractivity contribution in [1.82, 2.24) is 25.0 Å². The van der Waals surface area contributed by atoms with Crippen LogP contribution in [-0.4, -0.2) is 58.6 Å². The zero-order valence-corrected chi connectivity index (χ0v) is 14.5. The summed E-state index contributed by atoms with van der Waals surface area (Å²) in [6.07, 6.45) is 1.48.